The van der Waals surface area contributed by atoms with Crippen molar-refractivity contribution in [1.29, 1.82) is 0 Å². The Kier molecular flexibility index (Phi) is 3.49. The Hall–Kier alpha value is -2.54. The minimum atomic E-state index is -0.933. The largest absolute Gasteiger partial charge is 0.477 e. The molecular formula is C14H12N4O2S. The van der Waals surface area contributed by atoms with Crippen LogP contribution in [0.3, 0.4) is 0 Å². The maximum Gasteiger partial charge on any atom is 0.347 e. The van der Waals surface area contributed by atoms with Crippen molar-refractivity contribution >= 4 is 17.3 Å². The number of rotatable bonds is 4. The summed E-state index contributed by atoms with van der Waals surface area (Å²) >= 11 is 1.18. The molecule has 0 fully saturated rings. The van der Waals surface area contributed by atoms with Gasteiger partial charge in [-0.05, 0) is 18.6 Å². The molecular weight excluding hydrogens is 288 g/mol. The summed E-state index contributed by atoms with van der Waals surface area (Å²) in [6.45, 7) is 1.90. The Morgan fingerprint density at radius 2 is 2.24 bits per heavy atom. The van der Waals surface area contributed by atoms with E-state index in [9.17, 15) is 9.90 Å². The summed E-state index contributed by atoms with van der Waals surface area (Å²) in [5.41, 5.74) is 2.91. The number of hydrogen-bond donors (Lipinski definition) is 2. The van der Waals surface area contributed by atoms with Gasteiger partial charge in [0, 0.05) is 18.0 Å². The van der Waals surface area contributed by atoms with Gasteiger partial charge in [0.25, 0.3) is 0 Å². The summed E-state index contributed by atoms with van der Waals surface area (Å²) < 4.78 is 0. The number of carbonyl (C=O) groups is 1. The lowest BCUT2D eigenvalue weighted by molar-refractivity contribution is 0.0701. The van der Waals surface area contributed by atoms with Crippen LogP contribution in [-0.2, 0) is 6.42 Å². The lowest BCUT2D eigenvalue weighted by Gasteiger charge is -1.99. The highest BCUT2D eigenvalue weighted by molar-refractivity contribution is 7.17. The number of aromatic nitrogens is 4. The van der Waals surface area contributed by atoms with E-state index in [-0.39, 0.29) is 0 Å². The van der Waals surface area contributed by atoms with Crippen molar-refractivity contribution < 1.29 is 9.90 Å². The second-order valence-corrected chi connectivity index (χ2v) is 5.34. The molecule has 7 heteroatoms. The average molecular weight is 300 g/mol. The first-order valence-corrected chi connectivity index (χ1v) is 7.19. The molecule has 21 heavy (non-hydrogen) atoms. The number of nitrogens with one attached hydrogen (secondary N) is 1. The molecule has 0 aliphatic heterocycles. The number of H-pyrrole nitrogens is 1. The van der Waals surface area contributed by atoms with Gasteiger partial charge in [-0.2, -0.15) is 0 Å². The Balaban J connectivity index is 2.05. The van der Waals surface area contributed by atoms with Crippen LogP contribution in [0, 0.1) is 0 Å². The van der Waals surface area contributed by atoms with Gasteiger partial charge in [0.1, 0.15) is 15.6 Å². The Morgan fingerprint density at radius 1 is 1.38 bits per heavy atom. The van der Waals surface area contributed by atoms with Crippen molar-refractivity contribution in [3.8, 4) is 22.0 Å². The summed E-state index contributed by atoms with van der Waals surface area (Å²) in [5, 5.41) is 9.89. The number of nitrogens with zero attached hydrogens (tertiary/aromatic N) is 3. The number of pyridine rings is 1. The molecule has 3 aromatic heterocycles. The monoisotopic (exact) mass is 300 g/mol. The molecule has 0 unspecified atom stereocenters. The standard InChI is InChI=1S/C14H12N4O2S/c1-2-9-12(14(19)20)21-13(18-9)8-3-4-16-10(5-8)11-6-15-7-17-11/h3-7H,2H2,1H3,(H,15,17)(H,19,20). The highest BCUT2D eigenvalue weighted by Gasteiger charge is 2.17. The van der Waals surface area contributed by atoms with Crippen molar-refractivity contribution in [3.63, 3.8) is 0 Å². The molecule has 0 saturated carbocycles. The minimum absolute atomic E-state index is 0.297. The topological polar surface area (TPSA) is 91.8 Å². The number of imidazole rings is 1. The van der Waals surface area contributed by atoms with Crippen LogP contribution in [0.15, 0.2) is 30.9 Å². The van der Waals surface area contributed by atoms with Gasteiger partial charge < -0.3 is 10.1 Å². The first-order valence-electron chi connectivity index (χ1n) is 6.37. The molecule has 0 aromatic carbocycles. The molecule has 3 aromatic rings. The van der Waals surface area contributed by atoms with E-state index in [1.54, 1.807) is 18.7 Å². The number of carboxylic acids is 1. The molecule has 6 nitrogen and oxygen atoms in total. The predicted molar refractivity (Wildman–Crippen MR) is 79.3 cm³/mol. The minimum Gasteiger partial charge on any atom is -0.477 e. The molecule has 0 spiro atoms. The lowest BCUT2D eigenvalue weighted by Crippen LogP contribution is -1.97. The average Bonchev–Trinajstić information content (AvgIpc) is 3.16. The fourth-order valence-electron chi connectivity index (χ4n) is 1.99. The summed E-state index contributed by atoms with van der Waals surface area (Å²) in [6, 6.07) is 3.68. The quantitative estimate of drug-likeness (QED) is 0.773. The fraction of sp³-hybridized carbons (Fsp3) is 0.143. The highest BCUT2D eigenvalue weighted by Crippen LogP contribution is 2.30. The van der Waals surface area contributed by atoms with Gasteiger partial charge in [0.05, 0.1) is 17.7 Å². The number of thiazole rings is 1. The molecule has 3 heterocycles. The molecule has 106 valence electrons. The molecule has 0 bridgehead atoms. The zero-order chi connectivity index (χ0) is 14.8. The second kappa shape index (κ2) is 5.45. The van der Waals surface area contributed by atoms with Crippen molar-refractivity contribution in [2.45, 2.75) is 13.3 Å². The van der Waals surface area contributed by atoms with Crippen molar-refractivity contribution in [2.75, 3.05) is 0 Å². The third-order valence-electron chi connectivity index (χ3n) is 2.99. The second-order valence-electron chi connectivity index (χ2n) is 4.34. The van der Waals surface area contributed by atoms with Gasteiger partial charge in [-0.1, -0.05) is 6.92 Å². The van der Waals surface area contributed by atoms with Gasteiger partial charge in [0.2, 0.25) is 0 Å². The van der Waals surface area contributed by atoms with Gasteiger partial charge in [-0.3, -0.25) is 4.98 Å². The van der Waals surface area contributed by atoms with Crippen LogP contribution >= 0.6 is 11.3 Å². The van der Waals surface area contributed by atoms with E-state index in [1.807, 2.05) is 19.1 Å². The van der Waals surface area contributed by atoms with Crippen LogP contribution in [0.1, 0.15) is 22.3 Å². The highest BCUT2D eigenvalue weighted by atomic mass is 32.1. The van der Waals surface area contributed by atoms with Crippen LogP contribution in [-0.4, -0.2) is 31.0 Å². The van der Waals surface area contributed by atoms with Gasteiger partial charge >= 0.3 is 5.97 Å². The first kappa shape index (κ1) is 13.4. The molecule has 0 aliphatic carbocycles. The summed E-state index contributed by atoms with van der Waals surface area (Å²) in [7, 11) is 0. The van der Waals surface area contributed by atoms with Crippen molar-refractivity contribution in [2.24, 2.45) is 0 Å². The summed E-state index contributed by atoms with van der Waals surface area (Å²) in [4.78, 5) is 27.3. The molecule has 0 radical (unpaired) electrons. The van der Waals surface area contributed by atoms with Gasteiger partial charge in [0.15, 0.2) is 0 Å². The summed E-state index contributed by atoms with van der Waals surface area (Å²) in [6.07, 6.45) is 5.61. The van der Waals surface area contributed by atoms with E-state index in [2.05, 4.69) is 19.9 Å². The SMILES string of the molecule is CCc1nc(-c2ccnc(-c3c[nH]cn3)c2)sc1C(=O)O. The van der Waals surface area contributed by atoms with E-state index < -0.39 is 5.97 Å². The number of aryl methyl sites for hydroxylation is 1. The van der Waals surface area contributed by atoms with Gasteiger partial charge in [-0.15, -0.1) is 11.3 Å². The van der Waals surface area contributed by atoms with E-state index in [4.69, 9.17) is 0 Å². The Morgan fingerprint density at radius 3 is 2.86 bits per heavy atom. The smallest absolute Gasteiger partial charge is 0.347 e. The normalized spacial score (nSPS) is 10.7. The third kappa shape index (κ3) is 2.55. The first-order chi connectivity index (χ1) is 10.2. The molecule has 0 saturated heterocycles. The Labute approximate surface area is 124 Å². The number of hydrogen-bond acceptors (Lipinski definition) is 5. The fourth-order valence-corrected chi connectivity index (χ4v) is 2.98. The predicted octanol–water partition coefficient (Wildman–Crippen LogP) is 2.86. The van der Waals surface area contributed by atoms with Crippen LogP contribution in [0.5, 0.6) is 0 Å². The number of aromatic amines is 1. The molecule has 0 amide bonds. The maximum atomic E-state index is 11.2. The van der Waals surface area contributed by atoms with Crippen molar-refractivity contribution in [1.82, 2.24) is 19.9 Å². The number of carboxylic acid groups (broad SMARTS) is 1. The Bertz CT molecular complexity index is 780. The van der Waals surface area contributed by atoms with Crippen LogP contribution < -0.4 is 0 Å². The van der Waals surface area contributed by atoms with E-state index >= 15 is 0 Å². The molecule has 2 N–H and O–H groups in total. The maximum absolute atomic E-state index is 11.2. The van der Waals surface area contributed by atoms with E-state index in [0.717, 1.165) is 17.0 Å². The zero-order valence-electron chi connectivity index (χ0n) is 11.2. The molecule has 0 aliphatic rings. The van der Waals surface area contributed by atoms with Crippen LogP contribution in [0.25, 0.3) is 22.0 Å². The lowest BCUT2D eigenvalue weighted by atomic mass is 10.2. The van der Waals surface area contributed by atoms with Crippen molar-refractivity contribution in [3.05, 3.63) is 41.4 Å². The summed E-state index contributed by atoms with van der Waals surface area (Å²) in [5.74, 6) is -0.933. The van der Waals surface area contributed by atoms with E-state index in [1.165, 1.54) is 11.3 Å². The molecule has 3 rings (SSSR count). The van der Waals surface area contributed by atoms with Crippen LogP contribution in [0.2, 0.25) is 0 Å². The third-order valence-corrected chi connectivity index (χ3v) is 4.13. The van der Waals surface area contributed by atoms with E-state index in [0.29, 0.717) is 22.0 Å². The number of aromatic carboxylic acids is 1. The zero-order valence-corrected chi connectivity index (χ0v) is 12.0. The van der Waals surface area contributed by atoms with Gasteiger partial charge in [-0.25, -0.2) is 14.8 Å². The van der Waals surface area contributed by atoms with Crippen LogP contribution in [0.4, 0.5) is 0 Å². The molecule has 0 atom stereocenters.